The second kappa shape index (κ2) is 10.7. The Labute approximate surface area is 197 Å². The van der Waals surface area contributed by atoms with Crippen LogP contribution in [0.15, 0.2) is 78.9 Å². The zero-order valence-corrected chi connectivity index (χ0v) is 18.5. The number of fused-ring (bicyclic) bond motifs is 3. The summed E-state index contributed by atoms with van der Waals surface area (Å²) in [5, 5.41) is 11.5. The summed E-state index contributed by atoms with van der Waals surface area (Å²) >= 11 is 0. The summed E-state index contributed by atoms with van der Waals surface area (Å²) in [4.78, 5) is 36.2. The minimum atomic E-state index is -1.13. The third-order valence-electron chi connectivity index (χ3n) is 5.79. The predicted molar refractivity (Wildman–Crippen MR) is 125 cm³/mol. The van der Waals surface area contributed by atoms with Crippen molar-refractivity contribution in [1.82, 2.24) is 5.32 Å². The van der Waals surface area contributed by atoms with Crippen molar-refractivity contribution in [3.05, 3.63) is 95.6 Å². The Balaban J connectivity index is 1.39. The molecule has 1 aliphatic rings. The average molecular weight is 459 g/mol. The molecule has 0 radical (unpaired) electrons. The Morgan fingerprint density at radius 2 is 1.41 bits per heavy atom. The van der Waals surface area contributed by atoms with Crippen molar-refractivity contribution >= 4 is 18.0 Å². The summed E-state index contributed by atoms with van der Waals surface area (Å²) in [6, 6.07) is 23.9. The van der Waals surface area contributed by atoms with Crippen LogP contribution in [0.4, 0.5) is 4.79 Å². The fourth-order valence-corrected chi connectivity index (χ4v) is 4.13. The number of esters is 1. The lowest BCUT2D eigenvalue weighted by molar-refractivity contribution is -0.148. The van der Waals surface area contributed by atoms with E-state index in [9.17, 15) is 14.4 Å². The van der Waals surface area contributed by atoms with Crippen molar-refractivity contribution in [2.75, 3.05) is 6.61 Å². The molecule has 7 heteroatoms. The number of carbonyl (C=O) groups is 3. The first-order valence-electron chi connectivity index (χ1n) is 11.1. The molecule has 34 heavy (non-hydrogen) atoms. The van der Waals surface area contributed by atoms with Gasteiger partial charge in [0.25, 0.3) is 0 Å². The zero-order chi connectivity index (χ0) is 23.9. The topological polar surface area (TPSA) is 102 Å². The molecule has 0 saturated heterocycles. The van der Waals surface area contributed by atoms with E-state index >= 15 is 0 Å². The van der Waals surface area contributed by atoms with E-state index in [0.29, 0.717) is 0 Å². The highest BCUT2D eigenvalue weighted by Gasteiger charge is 2.30. The first-order chi connectivity index (χ1) is 16.5. The summed E-state index contributed by atoms with van der Waals surface area (Å²) in [6.45, 7) is 0.111. The summed E-state index contributed by atoms with van der Waals surface area (Å²) in [7, 11) is 0. The third kappa shape index (κ3) is 5.43. The Bertz CT molecular complexity index is 1130. The molecule has 2 N–H and O–H groups in total. The molecule has 0 spiro atoms. The minimum Gasteiger partial charge on any atom is -0.481 e. The molecule has 1 unspecified atom stereocenters. The van der Waals surface area contributed by atoms with Gasteiger partial charge in [0, 0.05) is 12.3 Å². The normalized spacial score (nSPS) is 12.8. The summed E-state index contributed by atoms with van der Waals surface area (Å²) < 4.78 is 10.8. The molecule has 0 heterocycles. The van der Waals surface area contributed by atoms with E-state index < -0.39 is 24.1 Å². The van der Waals surface area contributed by atoms with Gasteiger partial charge in [-0.15, -0.1) is 0 Å². The van der Waals surface area contributed by atoms with Gasteiger partial charge in [0.05, 0.1) is 0 Å². The van der Waals surface area contributed by atoms with Crippen molar-refractivity contribution in [3.8, 4) is 11.1 Å². The molecular weight excluding hydrogens is 434 g/mol. The summed E-state index contributed by atoms with van der Waals surface area (Å²) in [6.07, 6.45) is -1.20. The number of carboxylic acids is 1. The first-order valence-corrected chi connectivity index (χ1v) is 11.1. The number of carboxylic acid groups (broad SMARTS) is 1. The minimum absolute atomic E-state index is 0.0234. The van der Waals surface area contributed by atoms with E-state index in [2.05, 4.69) is 5.32 Å². The summed E-state index contributed by atoms with van der Waals surface area (Å²) in [5.74, 6) is -1.91. The van der Waals surface area contributed by atoms with E-state index in [1.165, 1.54) is 0 Å². The van der Waals surface area contributed by atoms with E-state index in [0.717, 1.165) is 27.8 Å². The van der Waals surface area contributed by atoms with Gasteiger partial charge in [0.15, 0.2) is 0 Å². The van der Waals surface area contributed by atoms with Crippen molar-refractivity contribution < 1.29 is 29.0 Å². The summed E-state index contributed by atoms with van der Waals surface area (Å²) in [5.41, 5.74) is 5.14. The molecule has 3 aromatic rings. The fraction of sp³-hybridized carbons (Fsp3) is 0.222. The third-order valence-corrected chi connectivity index (χ3v) is 5.79. The molecule has 1 aliphatic carbocycles. The van der Waals surface area contributed by atoms with Crippen molar-refractivity contribution in [1.29, 1.82) is 0 Å². The largest absolute Gasteiger partial charge is 0.481 e. The second-order valence-electron chi connectivity index (χ2n) is 8.05. The van der Waals surface area contributed by atoms with Gasteiger partial charge in [-0.1, -0.05) is 78.9 Å². The highest BCUT2D eigenvalue weighted by atomic mass is 16.6. The number of aliphatic carboxylic acids is 1. The Kier molecular flexibility index (Phi) is 7.22. The highest BCUT2D eigenvalue weighted by molar-refractivity contribution is 5.82. The lowest BCUT2D eigenvalue weighted by Gasteiger charge is -2.19. The van der Waals surface area contributed by atoms with Gasteiger partial charge in [-0.25, -0.2) is 9.59 Å². The van der Waals surface area contributed by atoms with Crippen LogP contribution in [0.25, 0.3) is 11.1 Å². The maximum absolute atomic E-state index is 12.6. The van der Waals surface area contributed by atoms with Crippen molar-refractivity contribution in [2.24, 2.45) is 0 Å². The van der Waals surface area contributed by atoms with Crippen LogP contribution >= 0.6 is 0 Å². The SMILES string of the molecule is O=C(O)CCC(NC(=O)OCC1c2ccccc2-c2ccccc21)C(=O)OCc1ccccc1. The van der Waals surface area contributed by atoms with Gasteiger partial charge in [-0.2, -0.15) is 0 Å². The van der Waals surface area contributed by atoms with E-state index in [1.807, 2.05) is 66.7 Å². The van der Waals surface area contributed by atoms with Crippen molar-refractivity contribution in [3.63, 3.8) is 0 Å². The smallest absolute Gasteiger partial charge is 0.407 e. The van der Waals surface area contributed by atoms with Crippen LogP contribution in [0.1, 0.15) is 35.4 Å². The second-order valence-corrected chi connectivity index (χ2v) is 8.05. The highest BCUT2D eigenvalue weighted by Crippen LogP contribution is 2.44. The standard InChI is InChI=1S/C27H25NO6/c29-25(30)15-14-24(26(31)33-16-18-8-2-1-3-9-18)28-27(32)34-17-23-21-12-6-4-10-19(21)20-11-5-7-13-22(20)23/h1-13,23-24H,14-17H2,(H,28,32)(H,29,30). The van der Waals surface area contributed by atoms with Gasteiger partial charge in [0.1, 0.15) is 19.3 Å². The quantitative estimate of drug-likeness (QED) is 0.457. The van der Waals surface area contributed by atoms with Crippen LogP contribution in [0.5, 0.6) is 0 Å². The van der Waals surface area contributed by atoms with Gasteiger partial charge in [-0.05, 0) is 34.2 Å². The zero-order valence-electron chi connectivity index (χ0n) is 18.5. The Hall–Kier alpha value is -4.13. The molecule has 0 saturated carbocycles. The molecule has 0 aliphatic heterocycles. The molecule has 174 valence electrons. The molecule has 0 bridgehead atoms. The van der Waals surface area contributed by atoms with Crippen LogP contribution in [0.2, 0.25) is 0 Å². The number of ether oxygens (including phenoxy) is 2. The lowest BCUT2D eigenvalue weighted by Crippen LogP contribution is -2.42. The van der Waals surface area contributed by atoms with E-state index in [-0.39, 0.29) is 32.0 Å². The molecule has 3 aromatic carbocycles. The van der Waals surface area contributed by atoms with E-state index in [4.69, 9.17) is 14.6 Å². The Morgan fingerprint density at radius 3 is 2.03 bits per heavy atom. The molecule has 4 rings (SSSR count). The number of alkyl carbamates (subject to hydrolysis) is 1. The number of carbonyl (C=O) groups excluding carboxylic acids is 2. The van der Waals surface area contributed by atoms with Gasteiger partial charge >= 0.3 is 18.0 Å². The van der Waals surface area contributed by atoms with E-state index in [1.54, 1.807) is 12.1 Å². The maximum Gasteiger partial charge on any atom is 0.407 e. The van der Waals surface area contributed by atoms with Crippen LogP contribution in [0, 0.1) is 0 Å². The molecule has 0 aromatic heterocycles. The monoisotopic (exact) mass is 459 g/mol. The Morgan fingerprint density at radius 1 is 0.824 bits per heavy atom. The molecular formula is C27H25NO6. The van der Waals surface area contributed by atoms with Gasteiger partial charge in [0.2, 0.25) is 0 Å². The first kappa shape index (κ1) is 23.0. The average Bonchev–Trinajstić information content (AvgIpc) is 3.18. The maximum atomic E-state index is 12.6. The number of hydrogen-bond donors (Lipinski definition) is 2. The number of rotatable bonds is 9. The van der Waals surface area contributed by atoms with Gasteiger partial charge < -0.3 is 19.9 Å². The number of amides is 1. The van der Waals surface area contributed by atoms with Crippen LogP contribution < -0.4 is 5.32 Å². The number of hydrogen-bond acceptors (Lipinski definition) is 5. The number of benzene rings is 3. The van der Waals surface area contributed by atoms with Crippen LogP contribution in [-0.2, 0) is 25.7 Å². The molecule has 0 fully saturated rings. The molecule has 7 nitrogen and oxygen atoms in total. The fourth-order valence-electron chi connectivity index (χ4n) is 4.13. The van der Waals surface area contributed by atoms with Crippen molar-refractivity contribution in [2.45, 2.75) is 31.4 Å². The lowest BCUT2D eigenvalue weighted by atomic mass is 9.98. The molecule has 1 atom stereocenters. The molecule has 1 amide bonds. The predicted octanol–water partition coefficient (Wildman–Crippen LogP) is 4.50. The van der Waals surface area contributed by atoms with Gasteiger partial charge in [-0.3, -0.25) is 4.79 Å². The van der Waals surface area contributed by atoms with Crippen LogP contribution in [0.3, 0.4) is 0 Å². The number of nitrogens with one attached hydrogen (secondary N) is 1. The van der Waals surface area contributed by atoms with Crippen LogP contribution in [-0.4, -0.2) is 35.8 Å².